The molecule has 0 radical (unpaired) electrons. The Morgan fingerprint density at radius 2 is 2.00 bits per heavy atom. The van der Waals surface area contributed by atoms with Crippen LogP contribution in [0.2, 0.25) is 0 Å². The normalized spacial score (nSPS) is 23.8. The number of piperidine rings is 1. The van der Waals surface area contributed by atoms with Gasteiger partial charge in [0.1, 0.15) is 6.04 Å². The number of hydroxylamine groups is 2. The van der Waals surface area contributed by atoms with Crippen molar-refractivity contribution in [1.82, 2.24) is 5.06 Å². The summed E-state index contributed by atoms with van der Waals surface area (Å²) in [6.45, 7) is 2.46. The van der Waals surface area contributed by atoms with E-state index in [1.54, 1.807) is 30.3 Å². The second-order valence-electron chi connectivity index (χ2n) is 4.87. The molecule has 2 atom stereocenters. The summed E-state index contributed by atoms with van der Waals surface area (Å²) < 4.78 is 0. The Morgan fingerprint density at radius 1 is 1.32 bits per heavy atom. The molecular formula is C14H17NO4. The van der Waals surface area contributed by atoms with Gasteiger partial charge in [-0.05, 0) is 30.9 Å². The van der Waals surface area contributed by atoms with Crippen molar-refractivity contribution in [2.24, 2.45) is 5.92 Å². The van der Waals surface area contributed by atoms with Gasteiger partial charge in [0.25, 0.3) is 0 Å². The zero-order chi connectivity index (χ0) is 13.8. The summed E-state index contributed by atoms with van der Waals surface area (Å²) in [5.74, 6) is -1.14. The molecule has 1 saturated heterocycles. The van der Waals surface area contributed by atoms with Crippen molar-refractivity contribution < 1.29 is 19.5 Å². The SMILES string of the molecule is CC1CCN(OC(=O)c2ccccc2)C(C(=O)O)C1. The monoisotopic (exact) mass is 263 g/mol. The van der Waals surface area contributed by atoms with Crippen molar-refractivity contribution in [3.63, 3.8) is 0 Å². The molecule has 1 N–H and O–H groups in total. The van der Waals surface area contributed by atoms with Crippen LogP contribution in [0.3, 0.4) is 0 Å². The van der Waals surface area contributed by atoms with Crippen LogP contribution in [0.1, 0.15) is 30.1 Å². The first-order valence-corrected chi connectivity index (χ1v) is 6.34. The number of carbonyl (C=O) groups is 2. The van der Waals surface area contributed by atoms with E-state index in [1.807, 2.05) is 6.92 Å². The summed E-state index contributed by atoms with van der Waals surface area (Å²) in [5.41, 5.74) is 0.422. The van der Waals surface area contributed by atoms with Crippen molar-refractivity contribution in [2.45, 2.75) is 25.8 Å². The highest BCUT2D eigenvalue weighted by Gasteiger charge is 2.34. The molecule has 0 aliphatic carbocycles. The Bertz CT molecular complexity index is 460. The van der Waals surface area contributed by atoms with Crippen LogP contribution in [0.4, 0.5) is 0 Å². The molecule has 2 unspecified atom stereocenters. The Morgan fingerprint density at radius 3 is 2.63 bits per heavy atom. The zero-order valence-corrected chi connectivity index (χ0v) is 10.8. The molecule has 0 saturated carbocycles. The Labute approximate surface area is 111 Å². The lowest BCUT2D eigenvalue weighted by Gasteiger charge is -2.33. The van der Waals surface area contributed by atoms with E-state index < -0.39 is 18.0 Å². The molecule has 5 nitrogen and oxygen atoms in total. The summed E-state index contributed by atoms with van der Waals surface area (Å²) >= 11 is 0. The fourth-order valence-corrected chi connectivity index (χ4v) is 2.19. The van der Waals surface area contributed by atoms with E-state index in [4.69, 9.17) is 4.84 Å². The lowest BCUT2D eigenvalue weighted by molar-refractivity contribution is -0.181. The van der Waals surface area contributed by atoms with Crippen LogP contribution in [0.5, 0.6) is 0 Å². The summed E-state index contributed by atoms with van der Waals surface area (Å²) in [4.78, 5) is 28.3. The number of carboxylic acid groups (broad SMARTS) is 1. The highest BCUT2D eigenvalue weighted by Crippen LogP contribution is 2.23. The molecule has 1 aliphatic rings. The standard InChI is InChI=1S/C14H17NO4/c1-10-7-8-15(12(9-10)13(16)17)19-14(18)11-5-3-2-4-6-11/h2-6,10,12H,7-9H2,1H3,(H,16,17). The molecule has 0 amide bonds. The van der Waals surface area contributed by atoms with Crippen molar-refractivity contribution in [2.75, 3.05) is 6.54 Å². The van der Waals surface area contributed by atoms with Crippen LogP contribution < -0.4 is 0 Å². The molecule has 102 valence electrons. The molecule has 1 heterocycles. The number of carboxylic acids is 1. The minimum Gasteiger partial charge on any atom is -0.480 e. The smallest absolute Gasteiger partial charge is 0.357 e. The maximum absolute atomic E-state index is 11.9. The first kappa shape index (κ1) is 13.5. The summed E-state index contributed by atoms with van der Waals surface area (Å²) in [6.07, 6.45) is 1.32. The van der Waals surface area contributed by atoms with Crippen LogP contribution in [0, 0.1) is 5.92 Å². The number of hydrogen-bond donors (Lipinski definition) is 1. The van der Waals surface area contributed by atoms with Crippen LogP contribution >= 0.6 is 0 Å². The van der Waals surface area contributed by atoms with Crippen molar-refractivity contribution in [1.29, 1.82) is 0 Å². The first-order chi connectivity index (χ1) is 9.08. The average Bonchev–Trinajstić information content (AvgIpc) is 2.41. The van der Waals surface area contributed by atoms with E-state index >= 15 is 0 Å². The fourth-order valence-electron chi connectivity index (χ4n) is 2.19. The molecule has 1 aliphatic heterocycles. The lowest BCUT2D eigenvalue weighted by atomic mass is 9.94. The largest absolute Gasteiger partial charge is 0.480 e. The third kappa shape index (κ3) is 3.32. The maximum atomic E-state index is 11.9. The van der Waals surface area contributed by atoms with E-state index in [1.165, 1.54) is 5.06 Å². The van der Waals surface area contributed by atoms with Gasteiger partial charge < -0.3 is 9.94 Å². The first-order valence-electron chi connectivity index (χ1n) is 6.34. The quantitative estimate of drug-likeness (QED) is 0.902. The van der Waals surface area contributed by atoms with Gasteiger partial charge in [-0.3, -0.25) is 4.79 Å². The second-order valence-corrected chi connectivity index (χ2v) is 4.87. The van der Waals surface area contributed by atoms with Crippen LogP contribution in [0.25, 0.3) is 0 Å². The number of rotatable bonds is 3. The summed E-state index contributed by atoms with van der Waals surface area (Å²) in [5, 5.41) is 10.5. The van der Waals surface area contributed by atoms with E-state index in [-0.39, 0.29) is 0 Å². The van der Waals surface area contributed by atoms with Gasteiger partial charge in [0, 0.05) is 6.54 Å². The molecule has 0 spiro atoms. The Balaban J connectivity index is 2.05. The highest BCUT2D eigenvalue weighted by molar-refractivity contribution is 5.89. The predicted octanol–water partition coefficient (Wildman–Crippen LogP) is 1.94. The van der Waals surface area contributed by atoms with E-state index in [0.29, 0.717) is 24.4 Å². The number of aliphatic carboxylic acids is 1. The molecule has 0 bridgehead atoms. The van der Waals surface area contributed by atoms with E-state index in [2.05, 4.69) is 0 Å². The van der Waals surface area contributed by atoms with Crippen molar-refractivity contribution in [3.05, 3.63) is 35.9 Å². The summed E-state index contributed by atoms with van der Waals surface area (Å²) in [6, 6.07) is 7.82. The van der Waals surface area contributed by atoms with Gasteiger partial charge in [-0.1, -0.05) is 25.1 Å². The minimum absolute atomic E-state index is 0.327. The number of hydrogen-bond acceptors (Lipinski definition) is 4. The van der Waals surface area contributed by atoms with Gasteiger partial charge in [0.05, 0.1) is 5.56 Å². The molecular weight excluding hydrogens is 246 g/mol. The molecule has 0 aromatic heterocycles. The van der Waals surface area contributed by atoms with E-state index in [0.717, 1.165) is 6.42 Å². The van der Waals surface area contributed by atoms with Crippen LogP contribution in [-0.4, -0.2) is 34.7 Å². The molecule has 1 fully saturated rings. The van der Waals surface area contributed by atoms with E-state index in [9.17, 15) is 14.7 Å². The lowest BCUT2D eigenvalue weighted by Crippen LogP contribution is -2.47. The molecule has 19 heavy (non-hydrogen) atoms. The number of benzene rings is 1. The third-order valence-corrected chi connectivity index (χ3v) is 3.31. The third-order valence-electron chi connectivity index (χ3n) is 3.31. The zero-order valence-electron chi connectivity index (χ0n) is 10.8. The molecule has 1 aromatic carbocycles. The van der Waals surface area contributed by atoms with Gasteiger partial charge in [0.15, 0.2) is 0 Å². The van der Waals surface area contributed by atoms with Gasteiger partial charge >= 0.3 is 11.9 Å². The maximum Gasteiger partial charge on any atom is 0.357 e. The number of nitrogens with zero attached hydrogens (tertiary/aromatic N) is 1. The Hall–Kier alpha value is -1.88. The predicted molar refractivity (Wildman–Crippen MR) is 68.4 cm³/mol. The fraction of sp³-hybridized carbons (Fsp3) is 0.429. The van der Waals surface area contributed by atoms with Gasteiger partial charge in [0.2, 0.25) is 0 Å². The Kier molecular flexibility index (Phi) is 4.16. The van der Waals surface area contributed by atoms with Crippen molar-refractivity contribution in [3.8, 4) is 0 Å². The van der Waals surface area contributed by atoms with Crippen LogP contribution in [-0.2, 0) is 9.63 Å². The molecule has 2 rings (SSSR count). The van der Waals surface area contributed by atoms with Gasteiger partial charge in [-0.2, -0.15) is 0 Å². The minimum atomic E-state index is -0.951. The van der Waals surface area contributed by atoms with Crippen molar-refractivity contribution >= 4 is 11.9 Å². The highest BCUT2D eigenvalue weighted by atomic mass is 16.7. The van der Waals surface area contributed by atoms with Crippen LogP contribution in [0.15, 0.2) is 30.3 Å². The van der Waals surface area contributed by atoms with Gasteiger partial charge in [-0.25, -0.2) is 4.79 Å². The topological polar surface area (TPSA) is 66.8 Å². The summed E-state index contributed by atoms with van der Waals surface area (Å²) in [7, 11) is 0. The molecule has 5 heteroatoms. The average molecular weight is 263 g/mol. The second kappa shape index (κ2) is 5.84. The number of carbonyl (C=O) groups excluding carboxylic acids is 1. The van der Waals surface area contributed by atoms with Gasteiger partial charge in [-0.15, -0.1) is 5.06 Å². The molecule has 1 aromatic rings.